The van der Waals surface area contributed by atoms with Crippen LogP contribution in [0.15, 0.2) is 30.5 Å². The van der Waals surface area contributed by atoms with Gasteiger partial charge in [0.15, 0.2) is 0 Å². The Morgan fingerprint density at radius 1 is 1.21 bits per heavy atom. The molecule has 2 rings (SSSR count). The first kappa shape index (κ1) is 13.7. The largest absolute Gasteiger partial charge is 0.319 e. The van der Waals surface area contributed by atoms with Gasteiger partial charge >= 0.3 is 0 Å². The molecular weight excluding hydrogens is 297 g/mol. The SMILES string of the molecule is O=C(Nc1cc(F)ccc1F)c1cnc(Cl)c(Cl)c1. The van der Waals surface area contributed by atoms with Crippen molar-refractivity contribution in [3.63, 3.8) is 0 Å². The fraction of sp³-hybridized carbons (Fsp3) is 0. The third kappa shape index (κ3) is 3.19. The van der Waals surface area contributed by atoms with Crippen LogP contribution in [0, 0.1) is 11.6 Å². The van der Waals surface area contributed by atoms with Crippen LogP contribution in [0.5, 0.6) is 0 Å². The van der Waals surface area contributed by atoms with Gasteiger partial charge in [-0.15, -0.1) is 0 Å². The van der Waals surface area contributed by atoms with E-state index in [1.54, 1.807) is 0 Å². The van der Waals surface area contributed by atoms with E-state index in [-0.39, 0.29) is 21.4 Å². The Bertz CT molecular complexity index is 650. The Kier molecular flexibility index (Phi) is 3.97. The molecule has 19 heavy (non-hydrogen) atoms. The summed E-state index contributed by atoms with van der Waals surface area (Å²) < 4.78 is 26.3. The molecule has 3 nitrogen and oxygen atoms in total. The van der Waals surface area contributed by atoms with Crippen molar-refractivity contribution in [3.8, 4) is 0 Å². The zero-order valence-corrected chi connectivity index (χ0v) is 10.8. The molecule has 2 aromatic rings. The van der Waals surface area contributed by atoms with E-state index in [0.717, 1.165) is 18.2 Å². The van der Waals surface area contributed by atoms with Crippen LogP contribution in [0.2, 0.25) is 10.2 Å². The van der Waals surface area contributed by atoms with E-state index in [1.165, 1.54) is 12.3 Å². The highest BCUT2D eigenvalue weighted by Gasteiger charge is 2.12. The van der Waals surface area contributed by atoms with Crippen LogP contribution in [0.25, 0.3) is 0 Å². The number of aromatic nitrogens is 1. The predicted molar refractivity (Wildman–Crippen MR) is 68.6 cm³/mol. The van der Waals surface area contributed by atoms with E-state index >= 15 is 0 Å². The highest BCUT2D eigenvalue weighted by atomic mass is 35.5. The number of rotatable bonds is 2. The fourth-order valence-electron chi connectivity index (χ4n) is 1.33. The molecule has 0 aliphatic heterocycles. The number of hydrogen-bond donors (Lipinski definition) is 1. The Hall–Kier alpha value is -1.72. The van der Waals surface area contributed by atoms with Crippen molar-refractivity contribution in [2.45, 2.75) is 0 Å². The minimum atomic E-state index is -0.747. The minimum absolute atomic E-state index is 0.0511. The molecule has 0 saturated heterocycles. The molecule has 1 aromatic heterocycles. The molecule has 7 heteroatoms. The molecule has 0 unspecified atom stereocenters. The zero-order chi connectivity index (χ0) is 14.0. The minimum Gasteiger partial charge on any atom is -0.319 e. The molecule has 0 saturated carbocycles. The molecule has 0 fully saturated rings. The van der Waals surface area contributed by atoms with Crippen LogP contribution in [0.1, 0.15) is 10.4 Å². The van der Waals surface area contributed by atoms with E-state index in [9.17, 15) is 13.6 Å². The van der Waals surface area contributed by atoms with Gasteiger partial charge in [0.1, 0.15) is 16.8 Å². The van der Waals surface area contributed by atoms with Gasteiger partial charge in [-0.3, -0.25) is 4.79 Å². The van der Waals surface area contributed by atoms with Crippen molar-refractivity contribution in [1.82, 2.24) is 4.98 Å². The Morgan fingerprint density at radius 3 is 2.63 bits per heavy atom. The Balaban J connectivity index is 2.25. The number of nitrogens with one attached hydrogen (secondary N) is 1. The van der Waals surface area contributed by atoms with E-state index in [1.807, 2.05) is 0 Å². The van der Waals surface area contributed by atoms with Crippen molar-refractivity contribution in [3.05, 3.63) is 57.8 Å². The first-order chi connectivity index (χ1) is 8.97. The van der Waals surface area contributed by atoms with Gasteiger partial charge in [0, 0.05) is 12.3 Å². The molecule has 0 atom stereocenters. The molecule has 1 aromatic carbocycles. The van der Waals surface area contributed by atoms with Gasteiger partial charge in [-0.05, 0) is 18.2 Å². The second-order valence-electron chi connectivity index (χ2n) is 3.57. The van der Waals surface area contributed by atoms with E-state index in [4.69, 9.17) is 23.2 Å². The number of nitrogens with zero attached hydrogens (tertiary/aromatic N) is 1. The molecule has 0 spiro atoms. The van der Waals surface area contributed by atoms with Crippen molar-refractivity contribution in [2.24, 2.45) is 0 Å². The van der Waals surface area contributed by atoms with Gasteiger partial charge in [-0.1, -0.05) is 23.2 Å². The molecule has 0 aliphatic carbocycles. The van der Waals surface area contributed by atoms with Crippen molar-refractivity contribution < 1.29 is 13.6 Å². The Morgan fingerprint density at radius 2 is 1.95 bits per heavy atom. The Labute approximate surface area is 117 Å². The summed E-state index contributed by atoms with van der Waals surface area (Å²) in [5.74, 6) is -2.08. The van der Waals surface area contributed by atoms with E-state index < -0.39 is 17.5 Å². The third-order valence-electron chi connectivity index (χ3n) is 2.24. The molecule has 1 amide bonds. The quantitative estimate of drug-likeness (QED) is 0.854. The van der Waals surface area contributed by atoms with Gasteiger partial charge in [0.2, 0.25) is 0 Å². The number of carbonyl (C=O) groups is 1. The average Bonchev–Trinajstić information content (AvgIpc) is 2.37. The topological polar surface area (TPSA) is 42.0 Å². The summed E-state index contributed by atoms with van der Waals surface area (Å²) >= 11 is 11.3. The smallest absolute Gasteiger partial charge is 0.257 e. The average molecular weight is 303 g/mol. The number of amides is 1. The normalized spacial score (nSPS) is 10.3. The summed E-state index contributed by atoms with van der Waals surface area (Å²) in [6.07, 6.45) is 1.18. The van der Waals surface area contributed by atoms with Crippen LogP contribution in [0.4, 0.5) is 14.5 Å². The molecule has 0 aliphatic rings. The van der Waals surface area contributed by atoms with Crippen LogP contribution < -0.4 is 5.32 Å². The lowest BCUT2D eigenvalue weighted by Gasteiger charge is -2.06. The standard InChI is InChI=1S/C12H6Cl2F2N2O/c13-8-3-6(5-17-11(8)14)12(19)18-10-4-7(15)1-2-9(10)16/h1-5H,(H,18,19). The van der Waals surface area contributed by atoms with Crippen LogP contribution in [0.3, 0.4) is 0 Å². The van der Waals surface area contributed by atoms with Gasteiger partial charge < -0.3 is 5.32 Å². The summed E-state index contributed by atoms with van der Waals surface area (Å²) in [5.41, 5.74) is -0.186. The van der Waals surface area contributed by atoms with E-state index in [2.05, 4.69) is 10.3 Å². The number of benzene rings is 1. The number of anilines is 1. The summed E-state index contributed by atoms with van der Waals surface area (Å²) in [4.78, 5) is 15.5. The second kappa shape index (κ2) is 5.50. The summed E-state index contributed by atoms with van der Waals surface area (Å²) in [6, 6.07) is 4.02. The van der Waals surface area contributed by atoms with Crippen molar-refractivity contribution >= 4 is 34.8 Å². The highest BCUT2D eigenvalue weighted by Crippen LogP contribution is 2.21. The van der Waals surface area contributed by atoms with Gasteiger partial charge in [0.05, 0.1) is 16.3 Å². The number of halogens is 4. The fourth-order valence-corrected chi connectivity index (χ4v) is 1.60. The number of carbonyl (C=O) groups excluding carboxylic acids is 1. The van der Waals surface area contributed by atoms with Crippen molar-refractivity contribution in [1.29, 1.82) is 0 Å². The monoisotopic (exact) mass is 302 g/mol. The summed E-state index contributed by atoms with van der Waals surface area (Å²) in [7, 11) is 0. The predicted octanol–water partition coefficient (Wildman–Crippen LogP) is 3.92. The van der Waals surface area contributed by atoms with Crippen molar-refractivity contribution in [2.75, 3.05) is 5.32 Å². The molecule has 1 heterocycles. The number of hydrogen-bond acceptors (Lipinski definition) is 2. The molecule has 0 bridgehead atoms. The van der Waals surface area contributed by atoms with Crippen LogP contribution >= 0.6 is 23.2 Å². The first-order valence-corrected chi connectivity index (χ1v) is 5.80. The van der Waals surface area contributed by atoms with Gasteiger partial charge in [-0.2, -0.15) is 0 Å². The van der Waals surface area contributed by atoms with Gasteiger partial charge in [-0.25, -0.2) is 13.8 Å². The second-order valence-corrected chi connectivity index (χ2v) is 4.34. The molecule has 98 valence electrons. The van der Waals surface area contributed by atoms with Gasteiger partial charge in [0.25, 0.3) is 5.91 Å². The lowest BCUT2D eigenvalue weighted by Crippen LogP contribution is -2.13. The summed E-state index contributed by atoms with van der Waals surface area (Å²) in [6.45, 7) is 0. The third-order valence-corrected chi connectivity index (χ3v) is 2.92. The zero-order valence-electron chi connectivity index (χ0n) is 9.25. The lowest BCUT2D eigenvalue weighted by molar-refractivity contribution is 0.102. The molecular formula is C12H6Cl2F2N2O. The molecule has 0 radical (unpaired) electrons. The molecule has 1 N–H and O–H groups in total. The lowest BCUT2D eigenvalue weighted by atomic mass is 10.2. The van der Waals surface area contributed by atoms with E-state index in [0.29, 0.717) is 0 Å². The van der Waals surface area contributed by atoms with Crippen LogP contribution in [-0.2, 0) is 0 Å². The number of pyridine rings is 1. The maximum Gasteiger partial charge on any atom is 0.257 e. The maximum atomic E-state index is 13.3. The summed E-state index contributed by atoms with van der Waals surface area (Å²) in [5, 5.41) is 2.36. The first-order valence-electron chi connectivity index (χ1n) is 5.05. The van der Waals surface area contributed by atoms with Crippen LogP contribution in [-0.4, -0.2) is 10.9 Å². The maximum absolute atomic E-state index is 13.3. The highest BCUT2D eigenvalue weighted by molar-refractivity contribution is 6.41.